The van der Waals surface area contributed by atoms with E-state index in [1.54, 1.807) is 11.2 Å². The fourth-order valence-electron chi connectivity index (χ4n) is 3.14. The van der Waals surface area contributed by atoms with Gasteiger partial charge in [-0.1, -0.05) is 60.1 Å². The smallest absolute Gasteiger partial charge is 0.222 e. The maximum Gasteiger partial charge on any atom is 0.222 e. The number of pyridine rings is 1. The third kappa shape index (κ3) is 3.82. The van der Waals surface area contributed by atoms with E-state index < -0.39 is 0 Å². The van der Waals surface area contributed by atoms with Crippen LogP contribution in [0.1, 0.15) is 5.56 Å². The standard InChI is InChI=1S/C21H18ClN5O/c22-18-9-5-4-8-17(18)16-10-11-23-19(13-16)27-20(25-21(26-27)24-14-28)12-15-6-2-1-3-7-15/h1-11,13-14,20H,12H2,(H2,24,25,26,28). The van der Waals surface area contributed by atoms with Crippen LogP contribution in [-0.4, -0.2) is 23.5 Å². The fraction of sp³-hybridized carbons (Fsp3) is 0.0952. The first-order valence-corrected chi connectivity index (χ1v) is 9.22. The molecule has 0 bridgehead atoms. The van der Waals surface area contributed by atoms with Gasteiger partial charge >= 0.3 is 0 Å². The summed E-state index contributed by atoms with van der Waals surface area (Å²) >= 11 is 6.35. The van der Waals surface area contributed by atoms with Crippen LogP contribution in [0.4, 0.5) is 5.82 Å². The summed E-state index contributed by atoms with van der Waals surface area (Å²) in [7, 11) is 0. The lowest BCUT2D eigenvalue weighted by Gasteiger charge is -2.23. The quantitative estimate of drug-likeness (QED) is 0.654. The first-order valence-electron chi connectivity index (χ1n) is 8.84. The minimum atomic E-state index is -0.182. The summed E-state index contributed by atoms with van der Waals surface area (Å²) in [6.07, 6.45) is 2.84. The van der Waals surface area contributed by atoms with Gasteiger partial charge in [0.05, 0.1) is 0 Å². The minimum absolute atomic E-state index is 0.182. The fourth-order valence-corrected chi connectivity index (χ4v) is 3.39. The highest BCUT2D eigenvalue weighted by Crippen LogP contribution is 2.30. The van der Waals surface area contributed by atoms with Crippen molar-refractivity contribution >= 4 is 29.8 Å². The van der Waals surface area contributed by atoms with Gasteiger partial charge in [0.2, 0.25) is 12.4 Å². The van der Waals surface area contributed by atoms with Crippen LogP contribution in [0.15, 0.2) is 78.0 Å². The average molecular weight is 392 g/mol. The number of hydrogen-bond acceptors (Lipinski definition) is 5. The van der Waals surface area contributed by atoms with E-state index in [0.29, 0.717) is 29.6 Å². The Hall–Kier alpha value is -3.38. The first-order chi connectivity index (χ1) is 13.7. The molecular weight excluding hydrogens is 374 g/mol. The summed E-state index contributed by atoms with van der Waals surface area (Å²) in [5.74, 6) is 1.05. The van der Waals surface area contributed by atoms with Gasteiger partial charge in [-0.3, -0.25) is 10.1 Å². The number of nitrogens with zero attached hydrogens (tertiary/aromatic N) is 3. The van der Waals surface area contributed by atoms with Gasteiger partial charge in [-0.15, -0.1) is 5.10 Å². The minimum Gasteiger partial charge on any atom is -0.332 e. The van der Waals surface area contributed by atoms with Crippen molar-refractivity contribution in [2.45, 2.75) is 12.6 Å². The van der Waals surface area contributed by atoms with Crippen LogP contribution < -0.4 is 15.6 Å². The molecule has 0 radical (unpaired) electrons. The number of benzene rings is 2. The van der Waals surface area contributed by atoms with Crippen LogP contribution >= 0.6 is 11.6 Å². The maximum absolute atomic E-state index is 10.9. The van der Waals surface area contributed by atoms with Crippen molar-refractivity contribution < 1.29 is 4.79 Å². The molecule has 0 spiro atoms. The number of hydrogen-bond donors (Lipinski definition) is 2. The Kier molecular flexibility index (Phi) is 5.21. The van der Waals surface area contributed by atoms with Gasteiger partial charge in [-0.25, -0.2) is 9.99 Å². The topological polar surface area (TPSA) is 69.6 Å². The highest BCUT2D eigenvalue weighted by Gasteiger charge is 2.28. The van der Waals surface area contributed by atoms with Crippen molar-refractivity contribution in [3.05, 3.63) is 83.5 Å². The zero-order chi connectivity index (χ0) is 19.3. The lowest BCUT2D eigenvalue weighted by atomic mass is 10.1. The van der Waals surface area contributed by atoms with E-state index in [1.165, 1.54) is 0 Å². The lowest BCUT2D eigenvalue weighted by molar-refractivity contribution is -0.108. The number of carbonyl (C=O) groups excluding carboxylic acids is 1. The monoisotopic (exact) mass is 391 g/mol. The van der Waals surface area contributed by atoms with Gasteiger partial charge in [-0.2, -0.15) is 0 Å². The summed E-state index contributed by atoms with van der Waals surface area (Å²) in [6.45, 7) is 0. The number of rotatable bonds is 5. The molecule has 1 atom stereocenters. The van der Waals surface area contributed by atoms with Crippen molar-refractivity contribution in [1.29, 1.82) is 0 Å². The molecule has 2 heterocycles. The average Bonchev–Trinajstić information content (AvgIpc) is 3.12. The van der Waals surface area contributed by atoms with Crippen molar-refractivity contribution in [1.82, 2.24) is 15.6 Å². The normalized spacial score (nSPS) is 15.7. The molecule has 6 nitrogen and oxygen atoms in total. The number of guanidine groups is 1. The van der Waals surface area contributed by atoms with Crippen molar-refractivity contribution in [3.8, 4) is 11.1 Å². The Labute approximate surface area is 167 Å². The molecular formula is C21H18ClN5O. The summed E-state index contributed by atoms with van der Waals surface area (Å²) in [4.78, 5) is 15.3. The molecule has 1 amide bonds. The van der Waals surface area contributed by atoms with Crippen molar-refractivity contribution in [2.24, 2.45) is 5.10 Å². The van der Waals surface area contributed by atoms with Crippen molar-refractivity contribution in [3.63, 3.8) is 0 Å². The number of amides is 1. The third-order valence-electron chi connectivity index (χ3n) is 4.44. The highest BCUT2D eigenvalue weighted by atomic mass is 35.5. The zero-order valence-corrected chi connectivity index (χ0v) is 15.7. The Morgan fingerprint density at radius 1 is 1.11 bits per heavy atom. The van der Waals surface area contributed by atoms with Crippen LogP contribution in [-0.2, 0) is 11.2 Å². The second-order valence-electron chi connectivity index (χ2n) is 6.29. The number of nitrogens with one attached hydrogen (secondary N) is 2. The van der Waals surface area contributed by atoms with Gasteiger partial charge in [-0.05, 0) is 29.3 Å². The van der Waals surface area contributed by atoms with Crippen LogP contribution in [0.2, 0.25) is 5.02 Å². The largest absolute Gasteiger partial charge is 0.332 e. The molecule has 0 fully saturated rings. The second kappa shape index (κ2) is 8.10. The van der Waals surface area contributed by atoms with E-state index >= 15 is 0 Å². The molecule has 2 N–H and O–H groups in total. The molecule has 140 valence electrons. The molecule has 1 unspecified atom stereocenters. The van der Waals surface area contributed by atoms with E-state index in [2.05, 4.69) is 32.9 Å². The van der Waals surface area contributed by atoms with Gasteiger partial charge in [0.25, 0.3) is 0 Å². The van der Waals surface area contributed by atoms with Crippen LogP contribution in [0.3, 0.4) is 0 Å². The van der Waals surface area contributed by atoms with Gasteiger partial charge in [0, 0.05) is 23.2 Å². The number of halogens is 1. The maximum atomic E-state index is 10.9. The number of carbonyl (C=O) groups is 1. The Morgan fingerprint density at radius 2 is 1.89 bits per heavy atom. The molecule has 0 saturated carbocycles. The summed E-state index contributed by atoms with van der Waals surface area (Å²) in [5, 5.41) is 12.7. The second-order valence-corrected chi connectivity index (χ2v) is 6.69. The number of hydrazone groups is 1. The van der Waals surface area contributed by atoms with E-state index in [-0.39, 0.29) is 6.17 Å². The van der Waals surface area contributed by atoms with Crippen molar-refractivity contribution in [2.75, 3.05) is 5.01 Å². The SMILES string of the molecule is O=CNC1=NN(c2cc(-c3ccccc3Cl)ccn2)C(Cc2ccccc2)N1. The Morgan fingerprint density at radius 3 is 2.68 bits per heavy atom. The molecule has 1 aliphatic heterocycles. The molecule has 2 aromatic carbocycles. The van der Waals surface area contributed by atoms with Gasteiger partial charge in [0.1, 0.15) is 6.17 Å². The molecule has 3 aromatic rings. The Bertz CT molecular complexity index is 1010. The molecule has 7 heteroatoms. The molecule has 1 aliphatic rings. The predicted octanol–water partition coefficient (Wildman–Crippen LogP) is 3.40. The van der Waals surface area contributed by atoms with E-state index in [9.17, 15) is 4.79 Å². The molecule has 1 aromatic heterocycles. The molecule has 0 aliphatic carbocycles. The Balaban J connectivity index is 1.67. The van der Waals surface area contributed by atoms with Crippen LogP contribution in [0, 0.1) is 0 Å². The summed E-state index contributed by atoms with van der Waals surface area (Å²) in [6, 6.07) is 21.6. The molecule has 28 heavy (non-hydrogen) atoms. The molecule has 0 saturated heterocycles. The molecule has 4 rings (SSSR count). The first kappa shape index (κ1) is 18.0. The van der Waals surface area contributed by atoms with Gasteiger partial charge in [0.15, 0.2) is 5.82 Å². The van der Waals surface area contributed by atoms with Crippen LogP contribution in [0.25, 0.3) is 11.1 Å². The highest BCUT2D eigenvalue weighted by molar-refractivity contribution is 6.33. The summed E-state index contributed by atoms with van der Waals surface area (Å²) < 4.78 is 0. The van der Waals surface area contributed by atoms with E-state index in [0.717, 1.165) is 16.7 Å². The third-order valence-corrected chi connectivity index (χ3v) is 4.77. The summed E-state index contributed by atoms with van der Waals surface area (Å²) in [5.41, 5.74) is 3.02. The lowest BCUT2D eigenvalue weighted by Crippen LogP contribution is -2.43. The van der Waals surface area contributed by atoms with Gasteiger partial charge < -0.3 is 5.32 Å². The number of anilines is 1. The van der Waals surface area contributed by atoms with E-state index in [1.807, 2.05) is 54.6 Å². The predicted molar refractivity (Wildman–Crippen MR) is 111 cm³/mol. The zero-order valence-electron chi connectivity index (χ0n) is 14.9. The van der Waals surface area contributed by atoms with E-state index in [4.69, 9.17) is 11.6 Å². The van der Waals surface area contributed by atoms with Crippen LogP contribution in [0.5, 0.6) is 0 Å². The number of aromatic nitrogens is 1.